The first-order valence-corrected chi connectivity index (χ1v) is 8.81. The molecule has 1 aromatic rings. The Morgan fingerprint density at radius 2 is 2.09 bits per heavy atom. The van der Waals surface area contributed by atoms with Gasteiger partial charge in [0.25, 0.3) is 0 Å². The molecule has 3 aliphatic rings. The third kappa shape index (κ3) is 3.02. The van der Waals surface area contributed by atoms with Crippen molar-refractivity contribution < 1.29 is 9.53 Å². The molecule has 4 rings (SSSR count). The van der Waals surface area contributed by atoms with E-state index in [4.69, 9.17) is 4.74 Å². The van der Waals surface area contributed by atoms with Gasteiger partial charge in [0.1, 0.15) is 0 Å². The third-order valence-corrected chi connectivity index (χ3v) is 5.68. The molecule has 0 saturated carbocycles. The lowest BCUT2D eigenvalue weighted by Crippen LogP contribution is -2.45. The van der Waals surface area contributed by atoms with Crippen LogP contribution in [0.5, 0.6) is 0 Å². The van der Waals surface area contributed by atoms with E-state index in [1.54, 1.807) is 10.9 Å². The number of aromatic nitrogens is 2. The fourth-order valence-corrected chi connectivity index (χ4v) is 4.39. The van der Waals surface area contributed by atoms with E-state index in [1.165, 1.54) is 12.8 Å². The van der Waals surface area contributed by atoms with Crippen molar-refractivity contribution in [2.24, 2.45) is 24.8 Å². The van der Waals surface area contributed by atoms with Gasteiger partial charge >= 0.3 is 0 Å². The smallest absolute Gasteiger partial charge is 0.231 e. The van der Waals surface area contributed by atoms with Gasteiger partial charge in [-0.2, -0.15) is 5.10 Å². The quantitative estimate of drug-likeness (QED) is 0.838. The van der Waals surface area contributed by atoms with Gasteiger partial charge in [-0.05, 0) is 31.1 Å². The minimum atomic E-state index is 0.170. The van der Waals surface area contributed by atoms with Gasteiger partial charge in [0.15, 0.2) is 0 Å². The van der Waals surface area contributed by atoms with Crippen LogP contribution in [0.3, 0.4) is 0 Å². The summed E-state index contributed by atoms with van der Waals surface area (Å²) in [5.41, 5.74) is 0.943. The molecule has 2 atom stereocenters. The van der Waals surface area contributed by atoms with Crippen molar-refractivity contribution in [2.75, 3.05) is 44.3 Å². The van der Waals surface area contributed by atoms with E-state index in [0.717, 1.165) is 57.4 Å². The highest BCUT2D eigenvalue weighted by molar-refractivity contribution is 5.96. The van der Waals surface area contributed by atoms with Crippen molar-refractivity contribution in [3.05, 3.63) is 12.4 Å². The molecule has 0 aromatic carbocycles. The van der Waals surface area contributed by atoms with E-state index in [0.29, 0.717) is 11.8 Å². The Labute approximate surface area is 137 Å². The van der Waals surface area contributed by atoms with Gasteiger partial charge in [-0.15, -0.1) is 0 Å². The van der Waals surface area contributed by atoms with Crippen molar-refractivity contribution in [3.8, 4) is 0 Å². The summed E-state index contributed by atoms with van der Waals surface area (Å²) in [6.07, 6.45) is 7.18. The predicted octanol–water partition coefficient (Wildman–Crippen LogP) is 1.13. The summed E-state index contributed by atoms with van der Waals surface area (Å²) < 4.78 is 7.22. The molecule has 4 heterocycles. The molecule has 0 bridgehead atoms. The number of anilines is 1. The summed E-state index contributed by atoms with van der Waals surface area (Å²) in [5.74, 6) is 1.75. The Kier molecular flexibility index (Phi) is 4.11. The maximum Gasteiger partial charge on any atom is 0.231 e. The van der Waals surface area contributed by atoms with Crippen LogP contribution < -0.4 is 4.90 Å². The van der Waals surface area contributed by atoms with E-state index >= 15 is 0 Å². The maximum atomic E-state index is 12.9. The first-order valence-electron chi connectivity index (χ1n) is 8.81. The fourth-order valence-electron chi connectivity index (χ4n) is 4.39. The summed E-state index contributed by atoms with van der Waals surface area (Å²) in [4.78, 5) is 17.4. The zero-order valence-corrected chi connectivity index (χ0v) is 13.9. The monoisotopic (exact) mass is 318 g/mol. The second-order valence-electron chi connectivity index (χ2n) is 7.29. The lowest BCUT2D eigenvalue weighted by atomic mass is 9.88. The Hall–Kier alpha value is -1.40. The van der Waals surface area contributed by atoms with Crippen LogP contribution in [-0.2, 0) is 16.6 Å². The molecule has 0 aliphatic carbocycles. The zero-order chi connectivity index (χ0) is 15.8. The number of likely N-dealkylation sites (tertiary alicyclic amines) is 1. The summed E-state index contributed by atoms with van der Waals surface area (Å²) in [7, 11) is 1.89. The first-order chi connectivity index (χ1) is 11.2. The van der Waals surface area contributed by atoms with Crippen molar-refractivity contribution in [1.82, 2.24) is 14.7 Å². The van der Waals surface area contributed by atoms with Gasteiger partial charge < -0.3 is 14.5 Å². The number of nitrogens with zero attached hydrogens (tertiary/aromatic N) is 4. The van der Waals surface area contributed by atoms with Crippen LogP contribution >= 0.6 is 0 Å². The van der Waals surface area contributed by atoms with Gasteiger partial charge in [0.05, 0.1) is 17.8 Å². The molecule has 0 radical (unpaired) electrons. The van der Waals surface area contributed by atoms with Gasteiger partial charge in [-0.3, -0.25) is 9.48 Å². The van der Waals surface area contributed by atoms with Crippen LogP contribution in [-0.4, -0.2) is 60.0 Å². The molecule has 3 saturated heterocycles. The van der Waals surface area contributed by atoms with Crippen LogP contribution in [0.1, 0.15) is 19.3 Å². The maximum absolute atomic E-state index is 12.9. The van der Waals surface area contributed by atoms with E-state index in [1.807, 2.05) is 18.1 Å². The van der Waals surface area contributed by atoms with Gasteiger partial charge in [0, 0.05) is 52.6 Å². The number of rotatable bonds is 3. The molecular formula is C17H26N4O2. The molecule has 0 N–H and O–H groups in total. The van der Waals surface area contributed by atoms with Crippen molar-refractivity contribution in [3.63, 3.8) is 0 Å². The highest BCUT2D eigenvalue weighted by Crippen LogP contribution is 2.35. The van der Waals surface area contributed by atoms with Crippen LogP contribution in [0.4, 0.5) is 5.69 Å². The lowest BCUT2D eigenvalue weighted by molar-refractivity contribution is -0.124. The number of ether oxygens (including phenoxy) is 1. The summed E-state index contributed by atoms with van der Waals surface area (Å²) in [6, 6.07) is 0. The number of hydrogen-bond donors (Lipinski definition) is 0. The number of fused-ring (bicyclic) bond motifs is 1. The standard InChI is InChI=1S/C17H26N4O2/c1-19-11-15(8-18-19)21-5-2-14-10-20(12-16(14)17(21)22)9-13-3-6-23-7-4-13/h8,11,13-14,16H,2-7,9-10,12H2,1H3/t14-,16+/m1/s1. The second-order valence-corrected chi connectivity index (χ2v) is 7.29. The van der Waals surface area contributed by atoms with Gasteiger partial charge in [-0.1, -0.05) is 0 Å². The highest BCUT2D eigenvalue weighted by Gasteiger charge is 2.43. The molecule has 6 nitrogen and oxygen atoms in total. The van der Waals surface area contributed by atoms with E-state index < -0.39 is 0 Å². The Morgan fingerprint density at radius 1 is 1.26 bits per heavy atom. The van der Waals surface area contributed by atoms with Crippen molar-refractivity contribution in [2.45, 2.75) is 19.3 Å². The molecule has 1 amide bonds. The second kappa shape index (κ2) is 6.24. The van der Waals surface area contributed by atoms with Crippen LogP contribution in [0.2, 0.25) is 0 Å². The molecule has 23 heavy (non-hydrogen) atoms. The molecule has 3 fully saturated rings. The summed E-state index contributed by atoms with van der Waals surface area (Å²) in [5, 5.41) is 4.20. The third-order valence-electron chi connectivity index (χ3n) is 5.68. The van der Waals surface area contributed by atoms with E-state index in [2.05, 4.69) is 10.00 Å². The Balaban J connectivity index is 1.40. The molecular weight excluding hydrogens is 292 g/mol. The number of hydrogen-bond acceptors (Lipinski definition) is 4. The number of piperidine rings is 1. The normalized spacial score (nSPS) is 30.0. The molecule has 0 unspecified atom stereocenters. The fraction of sp³-hybridized carbons (Fsp3) is 0.765. The molecule has 3 aliphatic heterocycles. The largest absolute Gasteiger partial charge is 0.381 e. The topological polar surface area (TPSA) is 50.6 Å². The van der Waals surface area contributed by atoms with Gasteiger partial charge in [-0.25, -0.2) is 0 Å². The highest BCUT2D eigenvalue weighted by atomic mass is 16.5. The SMILES string of the molecule is Cn1cc(N2CC[C@@H]3CN(CC4CCOCC4)C[C@@H]3C2=O)cn1. The van der Waals surface area contributed by atoms with E-state index in [9.17, 15) is 4.79 Å². The Morgan fingerprint density at radius 3 is 2.83 bits per heavy atom. The summed E-state index contributed by atoms with van der Waals surface area (Å²) >= 11 is 0. The zero-order valence-electron chi connectivity index (χ0n) is 13.9. The number of carbonyl (C=O) groups excluding carboxylic acids is 1. The first kappa shape index (κ1) is 15.1. The Bertz CT molecular complexity index is 567. The van der Waals surface area contributed by atoms with Crippen LogP contribution in [0, 0.1) is 17.8 Å². The lowest BCUT2D eigenvalue weighted by Gasteiger charge is -2.32. The molecule has 6 heteroatoms. The molecule has 0 spiro atoms. The average molecular weight is 318 g/mol. The van der Waals surface area contributed by atoms with Crippen LogP contribution in [0.15, 0.2) is 12.4 Å². The minimum absolute atomic E-state index is 0.170. The number of aryl methyl sites for hydroxylation is 1. The van der Waals surface area contributed by atoms with E-state index in [-0.39, 0.29) is 5.92 Å². The summed E-state index contributed by atoms with van der Waals surface area (Å²) in [6.45, 7) is 5.79. The minimum Gasteiger partial charge on any atom is -0.381 e. The van der Waals surface area contributed by atoms with Crippen molar-refractivity contribution >= 4 is 11.6 Å². The predicted molar refractivity (Wildman–Crippen MR) is 87.1 cm³/mol. The number of carbonyl (C=O) groups is 1. The molecule has 1 aromatic heterocycles. The van der Waals surface area contributed by atoms with Gasteiger partial charge in [0.2, 0.25) is 5.91 Å². The van der Waals surface area contributed by atoms with Crippen LogP contribution in [0.25, 0.3) is 0 Å². The average Bonchev–Trinajstić information content (AvgIpc) is 3.15. The van der Waals surface area contributed by atoms with Crippen molar-refractivity contribution in [1.29, 1.82) is 0 Å². The molecule has 126 valence electrons. The number of amides is 1.